The number of carbonyl (C=O) groups is 5. The normalized spacial score (nSPS) is 16.7. The average Bonchev–Trinajstić information content (AvgIpc) is 3.86. The molecule has 0 spiro atoms. The molecule has 0 bridgehead atoms. The molecule has 1 saturated heterocycles. The van der Waals surface area contributed by atoms with E-state index in [-0.39, 0.29) is 25.3 Å². The molecule has 2 heterocycles. The number of carboxylic acids is 1. The number of methoxy groups -OCH3 is 1. The summed E-state index contributed by atoms with van der Waals surface area (Å²) in [6.07, 6.45) is 4.65. The maximum absolute atomic E-state index is 14.0. The lowest BCUT2D eigenvalue weighted by molar-refractivity contribution is -0.140. The molecule has 13 nitrogen and oxygen atoms in total. The number of urea groups is 2. The zero-order valence-corrected chi connectivity index (χ0v) is 27.4. The predicted octanol–water partition coefficient (Wildman–Crippen LogP) is 5.09. The largest absolute Gasteiger partial charge is 0.495 e. The smallest absolute Gasteiger partial charge is 0.328 e. The van der Waals surface area contributed by atoms with Crippen molar-refractivity contribution in [2.75, 3.05) is 17.7 Å². The summed E-state index contributed by atoms with van der Waals surface area (Å²) >= 11 is 0. The number of carbonyl (C=O) groups excluding carboxylic acids is 4. The van der Waals surface area contributed by atoms with Crippen LogP contribution in [0.2, 0.25) is 0 Å². The number of ether oxygens (including phenoxy) is 1. The minimum Gasteiger partial charge on any atom is -0.495 e. The van der Waals surface area contributed by atoms with Gasteiger partial charge in [-0.15, -0.1) is 0 Å². The number of aryl methyl sites for hydroxylation is 1. The number of carboxylic acid groups (broad SMARTS) is 1. The molecule has 1 aromatic heterocycles. The highest BCUT2D eigenvalue weighted by molar-refractivity contribution is 6.09. The molecule has 2 atom stereocenters. The monoisotopic (exact) mass is 656 g/mol. The van der Waals surface area contributed by atoms with E-state index in [9.17, 15) is 29.1 Å². The SMILES string of the molecule is COc1cc(CN2C(=O)N(C(CC3CC3)C(=O)NC(CC(=O)O)c3ccncc3)C(=O)C2(C)C)ccc1NC(=O)Nc1ccccc1C. The van der Waals surface area contributed by atoms with Crippen LogP contribution in [0.4, 0.5) is 21.0 Å². The summed E-state index contributed by atoms with van der Waals surface area (Å²) in [6.45, 7) is 5.17. The third-order valence-corrected chi connectivity index (χ3v) is 8.77. The molecular weight excluding hydrogens is 616 g/mol. The lowest BCUT2D eigenvalue weighted by Gasteiger charge is -2.28. The van der Waals surface area contributed by atoms with E-state index >= 15 is 0 Å². The number of aliphatic carboxylic acids is 1. The summed E-state index contributed by atoms with van der Waals surface area (Å²) in [5.41, 5.74) is 1.87. The molecular formula is C35H40N6O7. The van der Waals surface area contributed by atoms with Gasteiger partial charge in [-0.1, -0.05) is 37.1 Å². The van der Waals surface area contributed by atoms with Crippen molar-refractivity contribution >= 4 is 41.2 Å². The van der Waals surface area contributed by atoms with Gasteiger partial charge in [0.15, 0.2) is 0 Å². The fourth-order valence-corrected chi connectivity index (χ4v) is 5.80. The molecule has 1 aliphatic carbocycles. The topological polar surface area (TPSA) is 170 Å². The standard InChI is InChI=1S/C35H40N6O7/c1-21-7-5-6-8-25(21)38-33(46)39-26-12-11-23(18-29(26)48-4)20-40-34(47)41(32(45)35(40,2)3)28(17-22-9-10-22)31(44)37-27(19-30(42)43)24-13-15-36-16-14-24/h5-8,11-16,18,22,27-28H,9-10,17,19-20H2,1-4H3,(H,37,44)(H,42,43)(H2,38,39,46). The molecule has 4 N–H and O–H groups in total. The van der Waals surface area contributed by atoms with E-state index in [2.05, 4.69) is 20.9 Å². The Bertz CT molecular complexity index is 1710. The number of anilines is 2. The molecule has 48 heavy (non-hydrogen) atoms. The molecule has 13 heteroatoms. The maximum Gasteiger partial charge on any atom is 0.328 e. The van der Waals surface area contributed by atoms with E-state index in [0.717, 1.165) is 23.3 Å². The van der Waals surface area contributed by atoms with Crippen molar-refractivity contribution in [2.45, 2.75) is 70.6 Å². The summed E-state index contributed by atoms with van der Waals surface area (Å²) in [6, 6.07) is 12.6. The third-order valence-electron chi connectivity index (χ3n) is 8.77. The van der Waals surface area contributed by atoms with Crippen molar-refractivity contribution in [3.05, 3.63) is 83.7 Å². The first-order valence-corrected chi connectivity index (χ1v) is 15.8. The fraction of sp³-hybridized carbons (Fsp3) is 0.371. The fourth-order valence-electron chi connectivity index (χ4n) is 5.80. The van der Waals surface area contributed by atoms with Crippen LogP contribution in [0.1, 0.15) is 62.3 Å². The van der Waals surface area contributed by atoms with E-state index in [4.69, 9.17) is 4.74 Å². The van der Waals surface area contributed by atoms with Crippen LogP contribution in [0, 0.1) is 12.8 Å². The number of hydrogen-bond donors (Lipinski definition) is 4. The predicted molar refractivity (Wildman–Crippen MR) is 177 cm³/mol. The molecule has 2 unspecified atom stereocenters. The minimum atomic E-state index is -1.29. The minimum absolute atomic E-state index is 0.0243. The number of amides is 6. The molecule has 5 rings (SSSR count). The van der Waals surface area contributed by atoms with E-state index in [1.165, 1.54) is 24.4 Å². The summed E-state index contributed by atoms with van der Waals surface area (Å²) in [4.78, 5) is 72.6. The van der Waals surface area contributed by atoms with Crippen LogP contribution in [-0.4, -0.2) is 68.4 Å². The number of aromatic nitrogens is 1. The molecule has 6 amide bonds. The van der Waals surface area contributed by atoms with Gasteiger partial charge >= 0.3 is 18.0 Å². The van der Waals surface area contributed by atoms with Crippen molar-refractivity contribution in [3.63, 3.8) is 0 Å². The lowest BCUT2D eigenvalue weighted by Crippen LogP contribution is -2.51. The molecule has 2 aliphatic rings. The van der Waals surface area contributed by atoms with E-state index in [1.807, 2.05) is 25.1 Å². The second-order valence-corrected chi connectivity index (χ2v) is 12.7. The van der Waals surface area contributed by atoms with Gasteiger partial charge in [-0.25, -0.2) is 14.5 Å². The number of pyridine rings is 1. The van der Waals surface area contributed by atoms with Gasteiger partial charge in [0.1, 0.15) is 17.3 Å². The number of nitrogens with zero attached hydrogens (tertiary/aromatic N) is 3. The molecule has 1 aliphatic heterocycles. The number of nitrogens with one attached hydrogen (secondary N) is 3. The van der Waals surface area contributed by atoms with Crippen LogP contribution in [-0.2, 0) is 20.9 Å². The average molecular weight is 657 g/mol. The number of hydrogen-bond acceptors (Lipinski definition) is 7. The van der Waals surface area contributed by atoms with Crippen LogP contribution < -0.4 is 20.7 Å². The van der Waals surface area contributed by atoms with Crippen LogP contribution in [0.3, 0.4) is 0 Å². The first-order chi connectivity index (χ1) is 22.9. The highest BCUT2D eigenvalue weighted by Gasteiger charge is 2.55. The number of benzene rings is 2. The zero-order chi connectivity index (χ0) is 34.6. The lowest BCUT2D eigenvalue weighted by atomic mass is 10.0. The van der Waals surface area contributed by atoms with E-state index in [0.29, 0.717) is 28.3 Å². The van der Waals surface area contributed by atoms with Crippen molar-refractivity contribution in [3.8, 4) is 5.75 Å². The second-order valence-electron chi connectivity index (χ2n) is 12.7. The second kappa shape index (κ2) is 14.1. The van der Waals surface area contributed by atoms with Crippen LogP contribution in [0.5, 0.6) is 5.75 Å². The van der Waals surface area contributed by atoms with Gasteiger partial charge in [0, 0.05) is 24.6 Å². The van der Waals surface area contributed by atoms with Crippen molar-refractivity contribution in [2.24, 2.45) is 5.92 Å². The van der Waals surface area contributed by atoms with Gasteiger partial charge < -0.3 is 30.7 Å². The molecule has 0 radical (unpaired) electrons. The van der Waals surface area contributed by atoms with Gasteiger partial charge in [0.25, 0.3) is 5.91 Å². The van der Waals surface area contributed by atoms with Gasteiger partial charge in [-0.3, -0.25) is 19.4 Å². The third kappa shape index (κ3) is 7.56. The Morgan fingerprint density at radius 2 is 1.71 bits per heavy atom. The zero-order valence-electron chi connectivity index (χ0n) is 27.4. The molecule has 2 fully saturated rings. The first kappa shape index (κ1) is 33.9. The molecule has 3 aromatic rings. The number of para-hydroxylation sites is 1. The summed E-state index contributed by atoms with van der Waals surface area (Å²) in [5.74, 6) is -1.70. The van der Waals surface area contributed by atoms with Crippen molar-refractivity contribution in [1.29, 1.82) is 0 Å². The van der Waals surface area contributed by atoms with Crippen molar-refractivity contribution < 1.29 is 33.8 Å². The van der Waals surface area contributed by atoms with Crippen molar-refractivity contribution in [1.82, 2.24) is 20.1 Å². The Labute approximate surface area is 278 Å². The van der Waals surface area contributed by atoms with Gasteiger partial charge in [0.05, 0.1) is 25.3 Å². The van der Waals surface area contributed by atoms with Crippen LogP contribution in [0.15, 0.2) is 67.0 Å². The first-order valence-electron chi connectivity index (χ1n) is 15.8. The van der Waals surface area contributed by atoms with Gasteiger partial charge in [0.2, 0.25) is 5.91 Å². The van der Waals surface area contributed by atoms with Crippen LogP contribution in [0.25, 0.3) is 0 Å². The summed E-state index contributed by atoms with van der Waals surface area (Å²) in [7, 11) is 1.46. The highest BCUT2D eigenvalue weighted by Crippen LogP contribution is 2.39. The Kier molecular flexibility index (Phi) is 9.97. The Hall–Kier alpha value is -5.46. The van der Waals surface area contributed by atoms with E-state index < -0.39 is 47.5 Å². The number of rotatable bonds is 13. The Balaban J connectivity index is 1.34. The number of imide groups is 1. The molecule has 252 valence electrons. The Morgan fingerprint density at radius 1 is 1.02 bits per heavy atom. The van der Waals surface area contributed by atoms with E-state index in [1.54, 1.807) is 50.2 Å². The molecule has 1 saturated carbocycles. The summed E-state index contributed by atoms with van der Waals surface area (Å²) in [5, 5.41) is 17.9. The Morgan fingerprint density at radius 3 is 2.35 bits per heavy atom. The van der Waals surface area contributed by atoms with Gasteiger partial charge in [-0.05, 0) is 80.1 Å². The van der Waals surface area contributed by atoms with Crippen LogP contribution >= 0.6 is 0 Å². The summed E-state index contributed by atoms with van der Waals surface area (Å²) < 4.78 is 5.55. The molecule has 2 aromatic carbocycles. The van der Waals surface area contributed by atoms with Gasteiger partial charge in [-0.2, -0.15) is 0 Å². The highest BCUT2D eigenvalue weighted by atomic mass is 16.5. The maximum atomic E-state index is 14.0. The quantitative estimate of drug-likeness (QED) is 0.185.